The second-order valence-corrected chi connectivity index (χ2v) is 5.58. The maximum Gasteiger partial charge on any atom is 0.122 e. The van der Waals surface area contributed by atoms with Gasteiger partial charge in [0.2, 0.25) is 0 Å². The Balaban J connectivity index is 2.27. The molecule has 1 aliphatic rings. The molecule has 0 radical (unpaired) electrons. The van der Waals surface area contributed by atoms with Gasteiger partial charge in [0.25, 0.3) is 0 Å². The first-order valence-corrected chi connectivity index (χ1v) is 7.13. The summed E-state index contributed by atoms with van der Waals surface area (Å²) in [5, 5.41) is 7.06. The van der Waals surface area contributed by atoms with Crippen molar-refractivity contribution in [1.82, 2.24) is 10.6 Å². The van der Waals surface area contributed by atoms with Crippen molar-refractivity contribution in [3.63, 3.8) is 0 Å². The zero-order chi connectivity index (χ0) is 14.0. The monoisotopic (exact) mass is 262 g/mol. The number of rotatable bonds is 6. The molecule has 1 saturated carbocycles. The fraction of sp³-hybridized carbons (Fsp3) is 0.625. The first-order valence-electron chi connectivity index (χ1n) is 7.13. The van der Waals surface area contributed by atoms with E-state index in [9.17, 15) is 0 Å². The minimum absolute atomic E-state index is 0.366. The lowest BCUT2D eigenvalue weighted by molar-refractivity contribution is 0.410. The fourth-order valence-corrected chi connectivity index (χ4v) is 2.73. The number of likely N-dealkylation sites (N-methyl/N-ethyl adjacent to an activating group) is 1. The van der Waals surface area contributed by atoms with E-state index in [4.69, 9.17) is 4.74 Å². The first-order chi connectivity index (χ1) is 9.08. The number of ether oxygens (including phenoxy) is 1. The van der Waals surface area contributed by atoms with Crippen LogP contribution in [-0.4, -0.2) is 26.7 Å². The largest absolute Gasteiger partial charge is 0.496 e. The molecule has 0 amide bonds. The minimum Gasteiger partial charge on any atom is -0.496 e. The highest BCUT2D eigenvalue weighted by atomic mass is 16.5. The molecule has 106 valence electrons. The predicted molar refractivity (Wildman–Crippen MR) is 80.0 cm³/mol. The molecule has 1 aromatic carbocycles. The quantitative estimate of drug-likeness (QED) is 0.827. The first kappa shape index (κ1) is 14.4. The molecule has 1 unspecified atom stereocenters. The summed E-state index contributed by atoms with van der Waals surface area (Å²) >= 11 is 0. The molecule has 3 heteroatoms. The lowest BCUT2D eigenvalue weighted by atomic mass is 9.92. The third-order valence-electron chi connectivity index (χ3n) is 4.21. The number of aryl methyl sites for hydroxylation is 1. The van der Waals surface area contributed by atoms with Gasteiger partial charge in [-0.1, -0.05) is 0 Å². The highest BCUT2D eigenvalue weighted by Crippen LogP contribution is 2.31. The Bertz CT molecular complexity index is 453. The van der Waals surface area contributed by atoms with Gasteiger partial charge in [0.1, 0.15) is 5.75 Å². The maximum absolute atomic E-state index is 5.45. The molecule has 1 fully saturated rings. The lowest BCUT2D eigenvalue weighted by Crippen LogP contribution is -2.31. The number of methoxy groups -OCH3 is 1. The average Bonchev–Trinajstić information content (AvgIpc) is 3.21. The van der Waals surface area contributed by atoms with Crippen molar-refractivity contribution in [2.45, 2.75) is 45.7 Å². The number of nitrogens with one attached hydrogen (secondary N) is 2. The smallest absolute Gasteiger partial charge is 0.122 e. The molecule has 0 aliphatic heterocycles. The van der Waals surface area contributed by atoms with Crippen molar-refractivity contribution < 1.29 is 4.74 Å². The van der Waals surface area contributed by atoms with Crippen molar-refractivity contribution in [2.24, 2.45) is 0 Å². The molecule has 0 saturated heterocycles. The SMILES string of the molecule is CNC(CNC1CC1)c1c(C)cc(OC)c(C)c1C. The van der Waals surface area contributed by atoms with E-state index in [0.29, 0.717) is 6.04 Å². The van der Waals surface area contributed by atoms with Crippen LogP contribution in [0.25, 0.3) is 0 Å². The Morgan fingerprint density at radius 1 is 1.26 bits per heavy atom. The summed E-state index contributed by atoms with van der Waals surface area (Å²) in [7, 11) is 3.78. The Morgan fingerprint density at radius 2 is 1.95 bits per heavy atom. The van der Waals surface area contributed by atoms with Gasteiger partial charge in [0, 0.05) is 18.6 Å². The zero-order valence-corrected chi connectivity index (χ0v) is 12.8. The van der Waals surface area contributed by atoms with Crippen LogP contribution in [0.2, 0.25) is 0 Å². The minimum atomic E-state index is 0.366. The van der Waals surface area contributed by atoms with Crippen LogP contribution >= 0.6 is 0 Å². The third kappa shape index (κ3) is 3.10. The fourth-order valence-electron chi connectivity index (χ4n) is 2.73. The Labute approximate surface area is 116 Å². The number of benzene rings is 1. The lowest BCUT2D eigenvalue weighted by Gasteiger charge is -2.24. The van der Waals surface area contributed by atoms with E-state index in [-0.39, 0.29) is 0 Å². The topological polar surface area (TPSA) is 33.3 Å². The molecule has 1 aromatic rings. The van der Waals surface area contributed by atoms with E-state index in [2.05, 4.69) is 37.5 Å². The summed E-state index contributed by atoms with van der Waals surface area (Å²) in [5.41, 5.74) is 5.30. The van der Waals surface area contributed by atoms with Gasteiger partial charge in [0.05, 0.1) is 7.11 Å². The van der Waals surface area contributed by atoms with Crippen molar-refractivity contribution in [2.75, 3.05) is 20.7 Å². The van der Waals surface area contributed by atoms with E-state index >= 15 is 0 Å². The molecular formula is C16H26N2O. The summed E-state index contributed by atoms with van der Waals surface area (Å²) < 4.78 is 5.45. The summed E-state index contributed by atoms with van der Waals surface area (Å²) in [4.78, 5) is 0. The third-order valence-corrected chi connectivity index (χ3v) is 4.21. The van der Waals surface area contributed by atoms with Gasteiger partial charge >= 0.3 is 0 Å². The van der Waals surface area contributed by atoms with Gasteiger partial charge in [-0.05, 0) is 69.0 Å². The van der Waals surface area contributed by atoms with Crippen molar-refractivity contribution in [3.05, 3.63) is 28.3 Å². The van der Waals surface area contributed by atoms with E-state index in [0.717, 1.165) is 18.3 Å². The van der Waals surface area contributed by atoms with Gasteiger partial charge in [-0.25, -0.2) is 0 Å². The van der Waals surface area contributed by atoms with Gasteiger partial charge < -0.3 is 15.4 Å². The normalized spacial score (nSPS) is 16.5. The summed E-state index contributed by atoms with van der Waals surface area (Å²) in [5.74, 6) is 0.990. The molecule has 1 atom stereocenters. The highest BCUT2D eigenvalue weighted by Gasteiger charge is 2.23. The average molecular weight is 262 g/mol. The highest BCUT2D eigenvalue weighted by molar-refractivity contribution is 5.49. The van der Waals surface area contributed by atoms with Crippen LogP contribution in [0.4, 0.5) is 0 Å². The standard InChI is InChI=1S/C16H26N2O/c1-10-8-15(19-5)11(2)12(3)16(10)14(17-4)9-18-13-6-7-13/h8,13-14,17-18H,6-7,9H2,1-5H3. The molecule has 0 heterocycles. The summed E-state index contributed by atoms with van der Waals surface area (Å²) in [6, 6.07) is 3.26. The van der Waals surface area contributed by atoms with E-state index < -0.39 is 0 Å². The van der Waals surface area contributed by atoms with Crippen molar-refractivity contribution in [3.8, 4) is 5.75 Å². The van der Waals surface area contributed by atoms with E-state index in [1.54, 1.807) is 7.11 Å². The zero-order valence-electron chi connectivity index (χ0n) is 12.8. The molecule has 19 heavy (non-hydrogen) atoms. The van der Waals surface area contributed by atoms with Crippen LogP contribution in [-0.2, 0) is 0 Å². The van der Waals surface area contributed by atoms with E-state index in [1.165, 1.54) is 35.1 Å². The van der Waals surface area contributed by atoms with Crippen molar-refractivity contribution >= 4 is 0 Å². The molecule has 0 aromatic heterocycles. The molecule has 1 aliphatic carbocycles. The molecular weight excluding hydrogens is 236 g/mol. The van der Waals surface area contributed by atoms with Gasteiger partial charge in [-0.15, -0.1) is 0 Å². The van der Waals surface area contributed by atoms with Gasteiger partial charge in [-0.2, -0.15) is 0 Å². The van der Waals surface area contributed by atoms with Crippen LogP contribution in [0.15, 0.2) is 6.07 Å². The number of hydrogen-bond acceptors (Lipinski definition) is 3. The van der Waals surface area contributed by atoms with Crippen LogP contribution in [0.5, 0.6) is 5.75 Å². The Morgan fingerprint density at radius 3 is 2.47 bits per heavy atom. The molecule has 2 N–H and O–H groups in total. The summed E-state index contributed by atoms with van der Waals surface area (Å²) in [6.45, 7) is 7.50. The van der Waals surface area contributed by atoms with E-state index in [1.807, 2.05) is 7.05 Å². The molecule has 3 nitrogen and oxygen atoms in total. The van der Waals surface area contributed by atoms with Gasteiger partial charge in [-0.3, -0.25) is 0 Å². The van der Waals surface area contributed by atoms with Crippen LogP contribution in [0, 0.1) is 20.8 Å². The van der Waals surface area contributed by atoms with Crippen LogP contribution in [0.1, 0.15) is 41.1 Å². The Hall–Kier alpha value is -1.06. The van der Waals surface area contributed by atoms with Gasteiger partial charge in [0.15, 0.2) is 0 Å². The second kappa shape index (κ2) is 5.93. The van der Waals surface area contributed by atoms with Crippen LogP contribution < -0.4 is 15.4 Å². The predicted octanol–water partition coefficient (Wildman–Crippen LogP) is 2.63. The number of hydrogen-bond donors (Lipinski definition) is 2. The maximum atomic E-state index is 5.45. The molecule has 0 spiro atoms. The van der Waals surface area contributed by atoms with Crippen molar-refractivity contribution in [1.29, 1.82) is 0 Å². The summed E-state index contributed by atoms with van der Waals surface area (Å²) in [6.07, 6.45) is 2.66. The molecule has 0 bridgehead atoms. The second-order valence-electron chi connectivity index (χ2n) is 5.58. The molecule has 2 rings (SSSR count). The Kier molecular flexibility index (Phi) is 4.48. The van der Waals surface area contributed by atoms with Crippen LogP contribution in [0.3, 0.4) is 0 Å².